The van der Waals surface area contributed by atoms with Gasteiger partial charge in [0.2, 0.25) is 0 Å². The van der Waals surface area contributed by atoms with Gasteiger partial charge in [-0.15, -0.1) is 6.58 Å². The van der Waals surface area contributed by atoms with Gasteiger partial charge in [0.15, 0.2) is 0 Å². The second kappa shape index (κ2) is 6.52. The van der Waals surface area contributed by atoms with Gasteiger partial charge in [-0.3, -0.25) is 10.1 Å². The van der Waals surface area contributed by atoms with Crippen molar-refractivity contribution in [1.82, 2.24) is 0 Å². The van der Waals surface area contributed by atoms with Crippen molar-refractivity contribution in [2.75, 3.05) is 0 Å². The molecule has 1 atom stereocenters. The van der Waals surface area contributed by atoms with Gasteiger partial charge >= 0.3 is 0 Å². The van der Waals surface area contributed by atoms with Crippen LogP contribution in [0.5, 0.6) is 5.75 Å². The lowest BCUT2D eigenvalue weighted by molar-refractivity contribution is -0.384. The molecule has 2 aromatic rings. The van der Waals surface area contributed by atoms with Gasteiger partial charge in [0.1, 0.15) is 11.9 Å². The molecule has 0 saturated heterocycles. The van der Waals surface area contributed by atoms with Gasteiger partial charge in [-0.1, -0.05) is 36.4 Å². The summed E-state index contributed by atoms with van der Waals surface area (Å²) in [5.74, 6) is 0.603. The number of benzene rings is 2. The highest BCUT2D eigenvalue weighted by Gasteiger charge is 2.12. The molecular formula is C16H15NO3. The first kappa shape index (κ1) is 13.8. The highest BCUT2D eigenvalue weighted by Crippen LogP contribution is 2.26. The topological polar surface area (TPSA) is 52.4 Å². The Morgan fingerprint density at radius 1 is 1.15 bits per heavy atom. The van der Waals surface area contributed by atoms with Crippen LogP contribution in [0.4, 0.5) is 5.69 Å². The summed E-state index contributed by atoms with van der Waals surface area (Å²) < 4.78 is 5.88. The van der Waals surface area contributed by atoms with Gasteiger partial charge in [0.25, 0.3) is 5.69 Å². The van der Waals surface area contributed by atoms with Crippen molar-refractivity contribution in [3.05, 3.63) is 82.9 Å². The minimum absolute atomic E-state index is 0.0531. The molecule has 0 saturated carbocycles. The zero-order chi connectivity index (χ0) is 14.4. The maximum absolute atomic E-state index is 10.6. The van der Waals surface area contributed by atoms with Gasteiger partial charge in [-0.05, 0) is 17.7 Å². The number of hydrogen-bond donors (Lipinski definition) is 0. The van der Waals surface area contributed by atoms with E-state index in [0.717, 1.165) is 5.56 Å². The van der Waals surface area contributed by atoms with E-state index < -0.39 is 4.92 Å². The third-order valence-corrected chi connectivity index (χ3v) is 2.88. The molecule has 102 valence electrons. The van der Waals surface area contributed by atoms with Crippen LogP contribution in [0.2, 0.25) is 0 Å². The lowest BCUT2D eigenvalue weighted by Gasteiger charge is -2.18. The summed E-state index contributed by atoms with van der Waals surface area (Å²) in [6.45, 7) is 3.74. The average Bonchev–Trinajstić information content (AvgIpc) is 2.48. The quantitative estimate of drug-likeness (QED) is 0.446. The van der Waals surface area contributed by atoms with Gasteiger partial charge in [-0.25, -0.2) is 0 Å². The average molecular weight is 269 g/mol. The molecule has 1 unspecified atom stereocenters. The van der Waals surface area contributed by atoms with Crippen LogP contribution < -0.4 is 4.74 Å². The second-order valence-corrected chi connectivity index (χ2v) is 4.29. The first-order chi connectivity index (χ1) is 9.70. The minimum atomic E-state index is -0.428. The highest BCUT2D eigenvalue weighted by molar-refractivity contribution is 5.36. The van der Waals surface area contributed by atoms with Gasteiger partial charge in [0, 0.05) is 18.6 Å². The lowest BCUT2D eigenvalue weighted by atomic mass is 10.1. The number of hydrogen-bond acceptors (Lipinski definition) is 3. The Morgan fingerprint density at radius 2 is 1.80 bits per heavy atom. The summed E-state index contributed by atoms with van der Waals surface area (Å²) in [5.41, 5.74) is 1.10. The van der Waals surface area contributed by atoms with E-state index in [-0.39, 0.29) is 11.8 Å². The van der Waals surface area contributed by atoms with Crippen LogP contribution in [0.25, 0.3) is 0 Å². The molecule has 0 aliphatic heterocycles. The Kier molecular flexibility index (Phi) is 4.50. The lowest BCUT2D eigenvalue weighted by Crippen LogP contribution is -2.06. The van der Waals surface area contributed by atoms with Crippen LogP contribution in [-0.4, -0.2) is 4.92 Å². The Hall–Kier alpha value is -2.62. The molecule has 20 heavy (non-hydrogen) atoms. The van der Waals surface area contributed by atoms with Crippen LogP contribution >= 0.6 is 0 Å². The smallest absolute Gasteiger partial charge is 0.269 e. The number of nitrogens with zero attached hydrogens (tertiary/aromatic N) is 1. The molecule has 2 aromatic carbocycles. The first-order valence-electron chi connectivity index (χ1n) is 6.27. The van der Waals surface area contributed by atoms with E-state index >= 15 is 0 Å². The molecular weight excluding hydrogens is 254 g/mol. The fourth-order valence-electron chi connectivity index (χ4n) is 1.88. The third kappa shape index (κ3) is 3.45. The Bertz CT molecular complexity index is 578. The van der Waals surface area contributed by atoms with E-state index in [0.29, 0.717) is 12.2 Å². The van der Waals surface area contributed by atoms with E-state index in [4.69, 9.17) is 4.74 Å². The standard InChI is InChI=1S/C16H15NO3/c1-2-6-16(13-7-4-3-5-8-13)20-15-11-9-14(10-12-15)17(18)19/h2-5,7-12,16H,1,6H2. The molecule has 4 nitrogen and oxygen atoms in total. The molecule has 0 spiro atoms. The summed E-state index contributed by atoms with van der Waals surface area (Å²) in [6, 6.07) is 15.9. The fourth-order valence-corrected chi connectivity index (χ4v) is 1.88. The number of non-ortho nitro benzene ring substituents is 1. The number of rotatable bonds is 6. The van der Waals surface area contributed by atoms with Gasteiger partial charge < -0.3 is 4.74 Å². The number of ether oxygens (including phenoxy) is 1. The van der Waals surface area contributed by atoms with Crippen molar-refractivity contribution in [2.24, 2.45) is 0 Å². The van der Waals surface area contributed by atoms with Crippen molar-refractivity contribution < 1.29 is 9.66 Å². The number of nitro benzene ring substituents is 1. The summed E-state index contributed by atoms with van der Waals surface area (Å²) in [4.78, 5) is 10.2. The van der Waals surface area contributed by atoms with Gasteiger partial charge in [-0.2, -0.15) is 0 Å². The maximum atomic E-state index is 10.6. The minimum Gasteiger partial charge on any atom is -0.485 e. The zero-order valence-electron chi connectivity index (χ0n) is 10.9. The molecule has 0 heterocycles. The van der Waals surface area contributed by atoms with Crippen molar-refractivity contribution in [3.8, 4) is 5.75 Å². The Labute approximate surface area is 117 Å². The van der Waals surface area contributed by atoms with Crippen molar-refractivity contribution in [1.29, 1.82) is 0 Å². The maximum Gasteiger partial charge on any atom is 0.269 e. The molecule has 4 heteroatoms. The molecule has 0 fully saturated rings. The predicted molar refractivity (Wildman–Crippen MR) is 77.7 cm³/mol. The molecule has 0 aliphatic carbocycles. The molecule has 0 amide bonds. The summed E-state index contributed by atoms with van der Waals surface area (Å²) >= 11 is 0. The van der Waals surface area contributed by atoms with Crippen LogP contribution in [0.1, 0.15) is 18.1 Å². The molecule has 2 rings (SSSR count). The monoisotopic (exact) mass is 269 g/mol. The van der Waals surface area contributed by atoms with E-state index in [1.54, 1.807) is 18.2 Å². The normalized spacial score (nSPS) is 11.6. The van der Waals surface area contributed by atoms with E-state index in [2.05, 4.69) is 6.58 Å². The summed E-state index contributed by atoms with van der Waals surface area (Å²) in [5, 5.41) is 10.6. The van der Waals surface area contributed by atoms with Crippen molar-refractivity contribution in [2.45, 2.75) is 12.5 Å². The summed E-state index contributed by atoms with van der Waals surface area (Å²) in [7, 11) is 0. The molecule has 0 bridgehead atoms. The molecule has 0 N–H and O–H groups in total. The second-order valence-electron chi connectivity index (χ2n) is 4.29. The zero-order valence-corrected chi connectivity index (χ0v) is 10.9. The highest BCUT2D eigenvalue weighted by atomic mass is 16.6. The van der Waals surface area contributed by atoms with Crippen LogP contribution in [0.3, 0.4) is 0 Å². The van der Waals surface area contributed by atoms with Crippen LogP contribution in [-0.2, 0) is 0 Å². The Morgan fingerprint density at radius 3 is 2.35 bits per heavy atom. The van der Waals surface area contributed by atoms with E-state index in [1.165, 1.54) is 12.1 Å². The summed E-state index contributed by atoms with van der Waals surface area (Å²) in [6.07, 6.45) is 2.32. The molecule has 0 radical (unpaired) electrons. The van der Waals surface area contributed by atoms with Crippen LogP contribution in [0.15, 0.2) is 67.3 Å². The van der Waals surface area contributed by atoms with Crippen molar-refractivity contribution >= 4 is 5.69 Å². The molecule has 0 aliphatic rings. The largest absolute Gasteiger partial charge is 0.485 e. The third-order valence-electron chi connectivity index (χ3n) is 2.88. The number of nitro groups is 1. The van der Waals surface area contributed by atoms with Gasteiger partial charge in [0.05, 0.1) is 4.92 Å². The molecule has 0 aromatic heterocycles. The van der Waals surface area contributed by atoms with Crippen LogP contribution in [0, 0.1) is 10.1 Å². The van der Waals surface area contributed by atoms with E-state index in [1.807, 2.05) is 30.3 Å². The van der Waals surface area contributed by atoms with Crippen molar-refractivity contribution in [3.63, 3.8) is 0 Å². The van der Waals surface area contributed by atoms with E-state index in [9.17, 15) is 10.1 Å². The Balaban J connectivity index is 2.16. The fraction of sp³-hybridized carbons (Fsp3) is 0.125. The SMILES string of the molecule is C=CCC(Oc1ccc([N+](=O)[O-])cc1)c1ccccc1. The predicted octanol–water partition coefficient (Wildman–Crippen LogP) is 4.29. The first-order valence-corrected chi connectivity index (χ1v) is 6.27.